The molecule has 0 atom stereocenters. The number of nitrogens with one attached hydrogen (secondary N) is 2. The van der Waals surface area contributed by atoms with E-state index in [1.54, 1.807) is 0 Å². The van der Waals surface area contributed by atoms with Gasteiger partial charge in [-0.1, -0.05) is 6.92 Å². The van der Waals surface area contributed by atoms with E-state index in [4.69, 9.17) is 5.84 Å². The van der Waals surface area contributed by atoms with Crippen LogP contribution in [0, 0.1) is 12.8 Å². The highest BCUT2D eigenvalue weighted by Crippen LogP contribution is 2.28. The minimum absolute atomic E-state index is 0.116. The number of aryl methyl sites for hydroxylation is 1. The van der Waals surface area contributed by atoms with E-state index in [0.29, 0.717) is 11.7 Å². The van der Waals surface area contributed by atoms with E-state index in [-0.39, 0.29) is 6.10 Å². The van der Waals surface area contributed by atoms with E-state index in [0.717, 1.165) is 49.4 Å². The van der Waals surface area contributed by atoms with Gasteiger partial charge in [-0.15, -0.1) is 0 Å². The molecule has 0 spiro atoms. The molecule has 0 aromatic carbocycles. The Morgan fingerprint density at radius 3 is 2.58 bits per heavy atom. The number of nitrogens with zero attached hydrogens (tertiary/aromatic N) is 2. The molecule has 0 bridgehead atoms. The SMILES string of the molecule is CCCc1nc(NN)c(C)c(NCC2CC(O)C2)n1. The third kappa shape index (κ3) is 3.33. The van der Waals surface area contributed by atoms with Crippen LogP contribution in [0.2, 0.25) is 0 Å². The molecule has 1 aromatic rings. The highest BCUT2D eigenvalue weighted by atomic mass is 16.3. The molecule has 0 aliphatic heterocycles. The summed E-state index contributed by atoms with van der Waals surface area (Å²) in [5, 5.41) is 12.6. The highest BCUT2D eigenvalue weighted by molar-refractivity contribution is 5.56. The molecule has 6 heteroatoms. The summed E-state index contributed by atoms with van der Waals surface area (Å²) < 4.78 is 0. The van der Waals surface area contributed by atoms with Crippen LogP contribution in [0.4, 0.5) is 11.6 Å². The zero-order valence-electron chi connectivity index (χ0n) is 11.6. The highest BCUT2D eigenvalue weighted by Gasteiger charge is 2.27. The van der Waals surface area contributed by atoms with Gasteiger partial charge in [-0.25, -0.2) is 15.8 Å². The number of nitrogen functional groups attached to an aromatic ring is 1. The van der Waals surface area contributed by atoms with E-state index >= 15 is 0 Å². The lowest BCUT2D eigenvalue weighted by atomic mass is 9.82. The van der Waals surface area contributed by atoms with Gasteiger partial charge in [0.25, 0.3) is 0 Å². The lowest BCUT2D eigenvalue weighted by Crippen LogP contribution is -2.33. The number of hydrogen-bond donors (Lipinski definition) is 4. The molecule has 0 saturated heterocycles. The summed E-state index contributed by atoms with van der Waals surface area (Å²) in [7, 11) is 0. The molecule has 19 heavy (non-hydrogen) atoms. The predicted octanol–water partition coefficient (Wildman–Crippen LogP) is 1.21. The quantitative estimate of drug-likeness (QED) is 0.456. The summed E-state index contributed by atoms with van der Waals surface area (Å²) in [6, 6.07) is 0. The first-order valence-electron chi connectivity index (χ1n) is 6.90. The second kappa shape index (κ2) is 6.16. The lowest BCUT2D eigenvalue weighted by Gasteiger charge is -2.31. The van der Waals surface area contributed by atoms with Crippen molar-refractivity contribution >= 4 is 11.6 Å². The standard InChI is InChI=1S/C13H23N5O/c1-3-4-11-16-12(8(2)13(17-11)18-14)15-7-9-5-10(19)6-9/h9-10,19H,3-7,14H2,1-2H3,(H2,15,16,17,18). The molecule has 1 aliphatic rings. The Kier molecular flexibility index (Phi) is 4.55. The topological polar surface area (TPSA) is 96.1 Å². The molecular formula is C13H23N5O. The second-order valence-corrected chi connectivity index (χ2v) is 5.23. The van der Waals surface area contributed by atoms with Gasteiger partial charge in [-0.05, 0) is 32.1 Å². The van der Waals surface area contributed by atoms with Gasteiger partial charge < -0.3 is 15.8 Å². The predicted molar refractivity (Wildman–Crippen MR) is 75.8 cm³/mol. The smallest absolute Gasteiger partial charge is 0.148 e. The van der Waals surface area contributed by atoms with Crippen molar-refractivity contribution in [2.24, 2.45) is 11.8 Å². The van der Waals surface area contributed by atoms with E-state index in [9.17, 15) is 5.11 Å². The van der Waals surface area contributed by atoms with Crippen molar-refractivity contribution in [2.45, 2.75) is 45.6 Å². The number of anilines is 2. The van der Waals surface area contributed by atoms with Crippen LogP contribution in [-0.2, 0) is 6.42 Å². The van der Waals surface area contributed by atoms with Crippen LogP contribution >= 0.6 is 0 Å². The zero-order valence-corrected chi connectivity index (χ0v) is 11.6. The minimum Gasteiger partial charge on any atom is -0.393 e. The molecule has 0 amide bonds. The van der Waals surface area contributed by atoms with Crippen molar-refractivity contribution in [3.8, 4) is 0 Å². The molecule has 1 aromatic heterocycles. The fourth-order valence-electron chi connectivity index (χ4n) is 2.32. The average Bonchev–Trinajstić information content (AvgIpc) is 2.36. The average molecular weight is 265 g/mol. The molecule has 1 saturated carbocycles. The van der Waals surface area contributed by atoms with Crippen LogP contribution in [0.3, 0.4) is 0 Å². The number of hydrogen-bond acceptors (Lipinski definition) is 6. The summed E-state index contributed by atoms with van der Waals surface area (Å²) in [6.07, 6.45) is 3.48. The number of aliphatic hydroxyl groups is 1. The van der Waals surface area contributed by atoms with Gasteiger partial charge in [-0.2, -0.15) is 0 Å². The van der Waals surface area contributed by atoms with Gasteiger partial charge in [0.15, 0.2) is 0 Å². The van der Waals surface area contributed by atoms with Crippen LogP contribution in [0.5, 0.6) is 0 Å². The molecule has 1 aliphatic carbocycles. The lowest BCUT2D eigenvalue weighted by molar-refractivity contribution is 0.0486. The normalized spacial score (nSPS) is 21.9. The minimum atomic E-state index is -0.116. The second-order valence-electron chi connectivity index (χ2n) is 5.23. The molecule has 106 valence electrons. The fourth-order valence-corrected chi connectivity index (χ4v) is 2.32. The number of aromatic nitrogens is 2. The number of nitrogens with two attached hydrogens (primary N) is 1. The first-order chi connectivity index (χ1) is 9.13. The fraction of sp³-hybridized carbons (Fsp3) is 0.692. The Morgan fingerprint density at radius 1 is 1.32 bits per heavy atom. The van der Waals surface area contributed by atoms with E-state index in [1.165, 1.54) is 0 Å². The van der Waals surface area contributed by atoms with Crippen molar-refractivity contribution < 1.29 is 5.11 Å². The number of aliphatic hydroxyl groups excluding tert-OH is 1. The molecule has 5 N–H and O–H groups in total. The van der Waals surface area contributed by atoms with Crippen molar-refractivity contribution in [2.75, 3.05) is 17.3 Å². The summed E-state index contributed by atoms with van der Waals surface area (Å²) >= 11 is 0. The van der Waals surface area contributed by atoms with E-state index in [1.807, 2.05) is 6.92 Å². The maximum absolute atomic E-state index is 9.29. The van der Waals surface area contributed by atoms with Crippen LogP contribution in [0.1, 0.15) is 37.6 Å². The first kappa shape index (κ1) is 14.0. The Bertz CT molecular complexity index is 431. The Morgan fingerprint density at radius 2 is 2.00 bits per heavy atom. The first-order valence-corrected chi connectivity index (χ1v) is 6.90. The van der Waals surface area contributed by atoms with Gasteiger partial charge in [0.05, 0.1) is 6.10 Å². The summed E-state index contributed by atoms with van der Waals surface area (Å²) in [4.78, 5) is 8.93. The molecule has 1 heterocycles. The number of hydrazine groups is 1. The van der Waals surface area contributed by atoms with Gasteiger partial charge in [0, 0.05) is 18.5 Å². The van der Waals surface area contributed by atoms with Gasteiger partial charge in [0.1, 0.15) is 17.5 Å². The zero-order chi connectivity index (χ0) is 13.8. The maximum Gasteiger partial charge on any atom is 0.148 e. The third-order valence-corrected chi connectivity index (χ3v) is 3.57. The monoisotopic (exact) mass is 265 g/mol. The molecule has 0 unspecified atom stereocenters. The number of rotatable bonds is 6. The van der Waals surface area contributed by atoms with Gasteiger partial charge >= 0.3 is 0 Å². The van der Waals surface area contributed by atoms with E-state index in [2.05, 4.69) is 27.6 Å². The summed E-state index contributed by atoms with van der Waals surface area (Å²) in [6.45, 7) is 4.88. The van der Waals surface area contributed by atoms with Crippen molar-refractivity contribution in [3.05, 3.63) is 11.4 Å². The van der Waals surface area contributed by atoms with Gasteiger partial charge in [0.2, 0.25) is 0 Å². The van der Waals surface area contributed by atoms with Crippen molar-refractivity contribution in [3.63, 3.8) is 0 Å². The van der Waals surface area contributed by atoms with Crippen molar-refractivity contribution in [1.82, 2.24) is 9.97 Å². The van der Waals surface area contributed by atoms with Gasteiger partial charge in [-0.3, -0.25) is 0 Å². The largest absolute Gasteiger partial charge is 0.393 e. The molecule has 2 rings (SSSR count). The van der Waals surface area contributed by atoms with Crippen LogP contribution in [-0.4, -0.2) is 27.7 Å². The van der Waals surface area contributed by atoms with E-state index < -0.39 is 0 Å². The maximum atomic E-state index is 9.29. The summed E-state index contributed by atoms with van der Waals surface area (Å²) in [5.41, 5.74) is 3.56. The Labute approximate surface area is 113 Å². The van der Waals surface area contributed by atoms with Crippen LogP contribution in [0.25, 0.3) is 0 Å². The molecule has 1 fully saturated rings. The third-order valence-electron chi connectivity index (χ3n) is 3.57. The van der Waals surface area contributed by atoms with Crippen molar-refractivity contribution in [1.29, 1.82) is 0 Å². The Balaban J connectivity index is 2.06. The molecule has 0 radical (unpaired) electrons. The van der Waals surface area contributed by atoms with Crippen LogP contribution < -0.4 is 16.6 Å². The Hall–Kier alpha value is -1.40. The van der Waals surface area contributed by atoms with Crippen LogP contribution in [0.15, 0.2) is 0 Å². The molecular weight excluding hydrogens is 242 g/mol. The summed E-state index contributed by atoms with van der Waals surface area (Å²) in [5.74, 6) is 8.35. The molecule has 6 nitrogen and oxygen atoms in total.